The fraction of sp³-hybridized carbons (Fsp3) is 0.438. The standard InChI is InChI=1S/C16H19N3O8/c1-8(13(20)17-15(22)18-16(2,3)4)27-14(21)9-5-11-12(26-7-25-11)6-10(9)19(23)24/h5-6,8H,7H2,1-4H3,(H2,17,18,20,22). The first-order chi connectivity index (χ1) is 12.5. The predicted octanol–water partition coefficient (Wildman–Crippen LogP) is 1.49. The maximum Gasteiger partial charge on any atom is 0.346 e. The molecule has 3 amide bonds. The number of carbonyl (C=O) groups excluding carboxylic acids is 3. The normalized spacial score (nSPS) is 13.5. The zero-order chi connectivity index (χ0) is 20.4. The summed E-state index contributed by atoms with van der Waals surface area (Å²) in [6, 6.07) is 1.39. The molecule has 146 valence electrons. The van der Waals surface area contributed by atoms with Crippen molar-refractivity contribution >= 4 is 23.6 Å². The fourth-order valence-corrected chi connectivity index (χ4v) is 2.11. The number of urea groups is 1. The highest BCUT2D eigenvalue weighted by atomic mass is 16.7. The van der Waals surface area contributed by atoms with Gasteiger partial charge in [-0.2, -0.15) is 0 Å². The molecule has 0 aromatic heterocycles. The van der Waals surface area contributed by atoms with Gasteiger partial charge in [0.05, 0.1) is 11.0 Å². The molecule has 1 atom stereocenters. The van der Waals surface area contributed by atoms with Gasteiger partial charge in [0.1, 0.15) is 5.56 Å². The minimum absolute atomic E-state index is 0.128. The van der Waals surface area contributed by atoms with E-state index in [9.17, 15) is 24.5 Å². The van der Waals surface area contributed by atoms with Crippen LogP contribution in [0.3, 0.4) is 0 Å². The van der Waals surface area contributed by atoms with Crippen molar-refractivity contribution < 1.29 is 33.5 Å². The van der Waals surface area contributed by atoms with Crippen LogP contribution in [0.2, 0.25) is 0 Å². The SMILES string of the molecule is CC(OC(=O)c1cc2c(cc1[N+](=O)[O-])OCO2)C(=O)NC(=O)NC(C)(C)C. The minimum Gasteiger partial charge on any atom is -0.454 e. The molecular weight excluding hydrogens is 362 g/mol. The van der Waals surface area contributed by atoms with E-state index in [0.717, 1.165) is 12.1 Å². The van der Waals surface area contributed by atoms with E-state index in [2.05, 4.69) is 5.32 Å². The van der Waals surface area contributed by atoms with Crippen molar-refractivity contribution in [1.82, 2.24) is 10.6 Å². The van der Waals surface area contributed by atoms with Gasteiger partial charge in [0.15, 0.2) is 17.6 Å². The molecule has 0 radical (unpaired) electrons. The second-order valence-corrected chi connectivity index (χ2v) is 6.72. The van der Waals surface area contributed by atoms with Crippen molar-refractivity contribution in [3.63, 3.8) is 0 Å². The van der Waals surface area contributed by atoms with Crippen molar-refractivity contribution in [2.24, 2.45) is 0 Å². The van der Waals surface area contributed by atoms with Gasteiger partial charge in [0.2, 0.25) is 6.79 Å². The molecule has 11 nitrogen and oxygen atoms in total. The maximum atomic E-state index is 12.3. The van der Waals surface area contributed by atoms with Crippen LogP contribution < -0.4 is 20.1 Å². The van der Waals surface area contributed by atoms with Gasteiger partial charge in [0.25, 0.3) is 11.6 Å². The summed E-state index contributed by atoms with van der Waals surface area (Å²) < 4.78 is 15.1. The van der Waals surface area contributed by atoms with Gasteiger partial charge in [-0.05, 0) is 27.7 Å². The number of esters is 1. The van der Waals surface area contributed by atoms with Gasteiger partial charge in [-0.25, -0.2) is 9.59 Å². The number of rotatable bonds is 4. The van der Waals surface area contributed by atoms with Crippen LogP contribution in [0.1, 0.15) is 38.1 Å². The highest BCUT2D eigenvalue weighted by molar-refractivity contribution is 6.00. The van der Waals surface area contributed by atoms with E-state index in [1.54, 1.807) is 20.8 Å². The molecule has 1 unspecified atom stereocenters. The van der Waals surface area contributed by atoms with Crippen LogP contribution >= 0.6 is 0 Å². The van der Waals surface area contributed by atoms with Crippen LogP contribution in [0.25, 0.3) is 0 Å². The Hall–Kier alpha value is -3.37. The number of fused-ring (bicyclic) bond motifs is 1. The van der Waals surface area contributed by atoms with Gasteiger partial charge in [-0.1, -0.05) is 0 Å². The monoisotopic (exact) mass is 381 g/mol. The van der Waals surface area contributed by atoms with E-state index in [0.29, 0.717) is 0 Å². The molecule has 27 heavy (non-hydrogen) atoms. The molecule has 0 aliphatic carbocycles. The van der Waals surface area contributed by atoms with Crippen molar-refractivity contribution in [2.75, 3.05) is 6.79 Å². The van der Waals surface area contributed by atoms with E-state index < -0.39 is 45.7 Å². The number of ether oxygens (including phenoxy) is 3. The first-order valence-corrected chi connectivity index (χ1v) is 7.90. The van der Waals surface area contributed by atoms with E-state index in [1.165, 1.54) is 6.92 Å². The van der Waals surface area contributed by atoms with Crippen molar-refractivity contribution in [2.45, 2.75) is 39.3 Å². The lowest BCUT2D eigenvalue weighted by molar-refractivity contribution is -0.385. The third-order valence-corrected chi connectivity index (χ3v) is 3.29. The smallest absolute Gasteiger partial charge is 0.346 e. The third kappa shape index (κ3) is 5.06. The predicted molar refractivity (Wildman–Crippen MR) is 90.5 cm³/mol. The number of amides is 3. The number of hydrogen-bond donors (Lipinski definition) is 2. The number of hydrogen-bond acceptors (Lipinski definition) is 8. The zero-order valence-corrected chi connectivity index (χ0v) is 15.2. The van der Waals surface area contributed by atoms with Gasteiger partial charge >= 0.3 is 12.0 Å². The lowest BCUT2D eigenvalue weighted by Gasteiger charge is -2.21. The van der Waals surface area contributed by atoms with Crippen molar-refractivity contribution in [1.29, 1.82) is 0 Å². The molecule has 1 aliphatic rings. The van der Waals surface area contributed by atoms with E-state index in [-0.39, 0.29) is 18.3 Å². The van der Waals surface area contributed by atoms with Crippen LogP contribution in [-0.2, 0) is 9.53 Å². The lowest BCUT2D eigenvalue weighted by Crippen LogP contribution is -2.50. The van der Waals surface area contributed by atoms with Crippen LogP contribution in [0.5, 0.6) is 11.5 Å². The highest BCUT2D eigenvalue weighted by Gasteiger charge is 2.30. The number of benzene rings is 1. The van der Waals surface area contributed by atoms with Crippen LogP contribution in [0.4, 0.5) is 10.5 Å². The highest BCUT2D eigenvalue weighted by Crippen LogP contribution is 2.38. The summed E-state index contributed by atoms with van der Waals surface area (Å²) in [6.45, 7) is 6.26. The Kier molecular flexibility index (Phi) is 5.52. The summed E-state index contributed by atoms with van der Waals surface area (Å²) in [5.74, 6) is -1.72. The summed E-state index contributed by atoms with van der Waals surface area (Å²) in [4.78, 5) is 46.4. The number of imide groups is 1. The fourth-order valence-electron chi connectivity index (χ4n) is 2.11. The first-order valence-electron chi connectivity index (χ1n) is 7.90. The number of nitro benzene ring substituents is 1. The van der Waals surface area contributed by atoms with E-state index in [4.69, 9.17) is 14.2 Å². The van der Waals surface area contributed by atoms with Crippen molar-refractivity contribution in [3.05, 3.63) is 27.8 Å². The Morgan fingerprint density at radius 1 is 1.22 bits per heavy atom. The van der Waals surface area contributed by atoms with Gasteiger partial charge in [0, 0.05) is 11.6 Å². The summed E-state index contributed by atoms with van der Waals surface area (Å²) >= 11 is 0. The third-order valence-electron chi connectivity index (χ3n) is 3.29. The van der Waals surface area contributed by atoms with Crippen LogP contribution in [0.15, 0.2) is 12.1 Å². The molecule has 11 heteroatoms. The Morgan fingerprint density at radius 3 is 2.37 bits per heavy atom. The zero-order valence-electron chi connectivity index (χ0n) is 15.2. The lowest BCUT2D eigenvalue weighted by atomic mass is 10.1. The second-order valence-electron chi connectivity index (χ2n) is 6.72. The van der Waals surface area contributed by atoms with Gasteiger partial charge in [-0.3, -0.25) is 20.2 Å². The topological polar surface area (TPSA) is 146 Å². The van der Waals surface area contributed by atoms with Crippen molar-refractivity contribution in [3.8, 4) is 11.5 Å². The molecule has 0 fully saturated rings. The molecule has 1 heterocycles. The van der Waals surface area contributed by atoms with E-state index >= 15 is 0 Å². The average Bonchev–Trinajstić information content (AvgIpc) is 2.98. The molecule has 2 N–H and O–H groups in total. The number of nitrogens with zero attached hydrogens (tertiary/aromatic N) is 1. The van der Waals surface area contributed by atoms with Gasteiger partial charge < -0.3 is 19.5 Å². The molecular formula is C16H19N3O8. The Morgan fingerprint density at radius 2 is 1.81 bits per heavy atom. The van der Waals surface area contributed by atoms with Crippen LogP contribution in [-0.4, -0.2) is 41.3 Å². The minimum atomic E-state index is -1.37. The second kappa shape index (κ2) is 7.48. The summed E-state index contributed by atoms with van der Waals surface area (Å²) in [6.07, 6.45) is -1.37. The number of nitro groups is 1. The number of carbonyl (C=O) groups is 3. The van der Waals surface area contributed by atoms with E-state index in [1.807, 2.05) is 5.32 Å². The molecule has 1 aliphatic heterocycles. The Labute approximate surface area is 154 Å². The number of nitrogens with one attached hydrogen (secondary N) is 2. The summed E-state index contributed by atoms with van der Waals surface area (Å²) in [5, 5.41) is 15.7. The molecule has 0 spiro atoms. The first kappa shape index (κ1) is 19.9. The molecule has 0 saturated carbocycles. The molecule has 1 aromatic carbocycles. The van der Waals surface area contributed by atoms with Gasteiger partial charge in [-0.15, -0.1) is 0 Å². The average molecular weight is 381 g/mol. The summed E-state index contributed by atoms with van der Waals surface area (Å²) in [5.41, 5.74) is -1.53. The quantitative estimate of drug-likeness (QED) is 0.453. The summed E-state index contributed by atoms with van der Waals surface area (Å²) in [7, 11) is 0. The Bertz CT molecular complexity index is 800. The maximum absolute atomic E-state index is 12.3. The Balaban J connectivity index is 2.09. The largest absolute Gasteiger partial charge is 0.454 e. The molecule has 1 aromatic rings. The molecule has 2 rings (SSSR count). The molecule has 0 bridgehead atoms. The molecule has 0 saturated heterocycles. The van der Waals surface area contributed by atoms with Crippen LogP contribution in [0, 0.1) is 10.1 Å².